The van der Waals surface area contributed by atoms with E-state index in [9.17, 15) is 0 Å². The summed E-state index contributed by atoms with van der Waals surface area (Å²) in [7, 11) is 0. The van der Waals surface area contributed by atoms with Crippen LogP contribution >= 0.6 is 22.7 Å². The average molecular weight is 1950 g/mol. The Morgan fingerprint density at radius 2 is 0.527 bits per heavy atom. The van der Waals surface area contributed by atoms with Crippen LogP contribution in [0, 0.1) is 0 Å². The molecule has 0 fully saturated rings. The van der Waals surface area contributed by atoms with Crippen molar-refractivity contribution in [2.45, 2.75) is 0 Å². The Kier molecular flexibility index (Phi) is 22.1. The molecule has 0 radical (unpaired) electrons. The minimum atomic E-state index is 0.639. The summed E-state index contributed by atoms with van der Waals surface area (Å²) >= 11 is 3.76. The molecule has 702 valence electrons. The molecule has 0 aliphatic carbocycles. The molecule has 0 unspecified atom stereocenters. The summed E-state index contributed by atoms with van der Waals surface area (Å²) in [6, 6.07) is 188. The zero-order valence-electron chi connectivity index (χ0n) is 81.1. The normalized spacial score (nSPS) is 11.6. The van der Waals surface area contributed by atoms with E-state index in [0.29, 0.717) is 23.4 Å². The number of furan rings is 1. The molecule has 8 heterocycles. The maximum Gasteiger partial charge on any atom is 0.235 e. The number of rotatable bonds is 15. The van der Waals surface area contributed by atoms with Gasteiger partial charge in [-0.3, -0.25) is 4.57 Å². The molecule has 0 aliphatic rings. The third kappa shape index (κ3) is 16.0. The fourth-order valence-electron chi connectivity index (χ4n) is 22.0. The molecule has 8 aromatic heterocycles. The lowest BCUT2D eigenvalue weighted by atomic mass is 9.93. The minimum absolute atomic E-state index is 0.639. The first-order valence-corrected chi connectivity index (χ1v) is 52.2. The predicted octanol–water partition coefficient (Wildman–Crippen LogP) is 38.0. The number of hydrogen-bond acceptors (Lipinski definition) is 8. The van der Waals surface area contributed by atoms with Crippen molar-refractivity contribution in [3.63, 3.8) is 0 Å². The van der Waals surface area contributed by atoms with Crippen molar-refractivity contribution < 1.29 is 4.42 Å². The van der Waals surface area contributed by atoms with E-state index in [1.807, 2.05) is 114 Å². The van der Waals surface area contributed by atoms with Crippen molar-refractivity contribution in [3.05, 3.63) is 534 Å². The van der Waals surface area contributed by atoms with Crippen LogP contribution in [0.3, 0.4) is 0 Å². The second-order valence-electron chi connectivity index (χ2n) is 38.0. The van der Waals surface area contributed by atoms with Crippen LogP contribution in [0.15, 0.2) is 538 Å². The van der Waals surface area contributed by atoms with E-state index in [1.165, 1.54) is 156 Å². The van der Waals surface area contributed by atoms with Crippen LogP contribution in [0.2, 0.25) is 0 Å². The molecule has 22 aromatic carbocycles. The van der Waals surface area contributed by atoms with E-state index in [0.717, 1.165) is 99.8 Å². The lowest BCUT2D eigenvalue weighted by molar-refractivity contribution is 0.670. The number of thiophene rings is 2. The third-order valence-electron chi connectivity index (χ3n) is 29.2. The summed E-state index contributed by atoms with van der Waals surface area (Å²) in [5, 5.41) is 14.8. The Labute approximate surface area is 872 Å². The SMILES string of the molecule is c1ccc(-c2cc(-c3ccccc3)cc(-c3cccc(-n4c5ccccc5c5cc(-c6cccc7c6sc6ccccc67)ccc54)c3)c2)cc1.c1ccc(-c2cccc(-c3ccc(-c4ccnc(-n5c6ccccc6c6cc(-c7cccc8c7oc7ccccc78)ccc65)n4)cc3)c2)cc1.c1ccc(-c2nc(-c3ccccc3)nc(-c3ccc(-n4c5ccccc5c5ccc(-c6cccc7c6sc6ccccc67)cc54)cc3)n2)cc1. The van der Waals surface area contributed by atoms with Gasteiger partial charge in [0.05, 0.1) is 38.8 Å². The van der Waals surface area contributed by atoms with E-state index in [2.05, 4.69) is 457 Å². The lowest BCUT2D eigenvalue weighted by Gasteiger charge is -2.14. The van der Waals surface area contributed by atoms with Gasteiger partial charge in [0.2, 0.25) is 5.95 Å². The van der Waals surface area contributed by atoms with Crippen molar-refractivity contribution in [2.75, 3.05) is 0 Å². The molecule has 30 aromatic rings. The zero-order chi connectivity index (χ0) is 99.1. The Morgan fingerprint density at radius 1 is 0.180 bits per heavy atom. The molecule has 9 nitrogen and oxygen atoms in total. The lowest BCUT2D eigenvalue weighted by Crippen LogP contribution is -2.01. The van der Waals surface area contributed by atoms with Gasteiger partial charge in [-0.1, -0.05) is 394 Å². The number of benzene rings is 22. The van der Waals surface area contributed by atoms with Gasteiger partial charge < -0.3 is 13.6 Å². The average Bonchev–Trinajstić information content (AvgIpc) is 1.59. The van der Waals surface area contributed by atoms with Gasteiger partial charge in [0.15, 0.2) is 17.5 Å². The Hall–Kier alpha value is -19.4. The van der Waals surface area contributed by atoms with Gasteiger partial charge in [0, 0.05) is 129 Å². The highest BCUT2D eigenvalue weighted by Gasteiger charge is 2.25. The van der Waals surface area contributed by atoms with Crippen molar-refractivity contribution in [1.29, 1.82) is 0 Å². The summed E-state index contributed by atoms with van der Waals surface area (Å²) < 4.78 is 18.7. The first-order valence-electron chi connectivity index (χ1n) is 50.6. The Bertz CT molecular complexity index is 10400. The van der Waals surface area contributed by atoms with Gasteiger partial charge >= 0.3 is 0 Å². The van der Waals surface area contributed by atoms with Crippen LogP contribution < -0.4 is 0 Å². The molecule has 0 atom stereocenters. The topological polar surface area (TPSA) is 92.4 Å². The van der Waals surface area contributed by atoms with Crippen LogP contribution in [0.25, 0.3) is 279 Å². The maximum absolute atomic E-state index is 6.40. The van der Waals surface area contributed by atoms with Gasteiger partial charge in [0.25, 0.3) is 0 Å². The van der Waals surface area contributed by atoms with Crippen molar-refractivity contribution in [2.24, 2.45) is 0 Å². The fraction of sp³-hybridized carbons (Fsp3) is 0. The van der Waals surface area contributed by atoms with Crippen LogP contribution in [0.5, 0.6) is 0 Å². The minimum Gasteiger partial charge on any atom is -0.455 e. The number of hydrogen-bond donors (Lipinski definition) is 0. The Morgan fingerprint density at radius 3 is 1.08 bits per heavy atom. The molecule has 0 bridgehead atoms. The summed E-state index contributed by atoms with van der Waals surface area (Å²) in [6.45, 7) is 0. The quantitative estimate of drug-likeness (QED) is 0.102. The standard InChI is InChI=1S/C48H31NS.C46H29N3O.C45H28N4S/c1-3-13-32(14-4-1)36-27-37(33-15-5-2-6-16-33)29-38(28-36)34-17-11-18-39(30-34)49-45-23-9-7-19-41(45)44-31-35(25-26-46(44)49)40-21-12-22-43-42-20-8-10-24-47(42)50-48(40)43;1-2-10-30(11-3-1)33-12-8-13-34(28-33)31-20-22-32(23-21-31)41-26-27-47-46(48-41)49-42-18-6-4-14-37(42)40-29-35(24-25-43(40)49)36-16-9-17-39-38-15-5-7-19-44(38)50-45(36)39;1-3-12-29(13-4-1)43-46-44(30-14-5-2-6-15-30)48-45(47-43)31-22-25-33(26-23-31)49-39-20-9-7-16-35(39)36-27-24-32(28-40(36)49)34-18-11-19-38-37-17-8-10-21-41(37)50-42(34)38/h1-31H;1-29H;1-28H. The second-order valence-corrected chi connectivity index (χ2v) is 40.1. The summed E-state index contributed by atoms with van der Waals surface area (Å²) in [6.07, 6.45) is 1.85. The third-order valence-corrected chi connectivity index (χ3v) is 31.6. The van der Waals surface area contributed by atoms with Crippen LogP contribution in [-0.2, 0) is 0 Å². The fourth-order valence-corrected chi connectivity index (χ4v) is 24.5. The highest BCUT2D eigenvalue weighted by Crippen LogP contribution is 2.48. The molecule has 0 amide bonds. The Balaban J connectivity index is 0.000000108. The van der Waals surface area contributed by atoms with E-state index in [4.69, 9.17) is 29.3 Å². The van der Waals surface area contributed by atoms with Crippen LogP contribution in [0.1, 0.15) is 0 Å². The molecule has 0 N–H and O–H groups in total. The van der Waals surface area contributed by atoms with E-state index in [1.54, 1.807) is 0 Å². The molecule has 30 rings (SSSR count). The van der Waals surface area contributed by atoms with Crippen LogP contribution in [-0.4, -0.2) is 38.6 Å². The predicted molar refractivity (Wildman–Crippen MR) is 630 cm³/mol. The highest BCUT2D eigenvalue weighted by molar-refractivity contribution is 7.26. The molecule has 150 heavy (non-hydrogen) atoms. The number of para-hydroxylation sites is 5. The van der Waals surface area contributed by atoms with Crippen molar-refractivity contribution in [3.8, 4) is 152 Å². The summed E-state index contributed by atoms with van der Waals surface area (Å²) in [4.78, 5) is 24.7. The number of nitrogens with zero attached hydrogens (tertiary/aromatic N) is 8. The van der Waals surface area contributed by atoms with Crippen LogP contribution in [0.4, 0.5) is 0 Å². The number of aromatic nitrogens is 8. The highest BCUT2D eigenvalue weighted by atomic mass is 32.1. The molecular formula is C139H88N8OS2. The van der Waals surface area contributed by atoms with Crippen molar-refractivity contribution in [1.82, 2.24) is 38.6 Å². The maximum atomic E-state index is 6.40. The first-order chi connectivity index (χ1) is 74.3. The summed E-state index contributed by atoms with van der Waals surface area (Å²) in [5.74, 6) is 2.59. The number of fused-ring (bicyclic) bond motifs is 18. The second kappa shape index (κ2) is 37.6. The van der Waals surface area contributed by atoms with Crippen molar-refractivity contribution >= 4 is 150 Å². The molecule has 11 heteroatoms. The summed E-state index contributed by atoms with van der Waals surface area (Å²) in [5.41, 5.74) is 34.9. The van der Waals surface area contributed by atoms with Gasteiger partial charge in [-0.05, 0) is 217 Å². The monoisotopic (exact) mass is 1950 g/mol. The van der Waals surface area contributed by atoms with E-state index in [-0.39, 0.29) is 0 Å². The zero-order valence-corrected chi connectivity index (χ0v) is 82.7. The van der Waals surface area contributed by atoms with Gasteiger partial charge in [-0.15, -0.1) is 22.7 Å². The van der Waals surface area contributed by atoms with Gasteiger partial charge in [-0.25, -0.2) is 24.9 Å². The molecular weight excluding hydrogens is 1860 g/mol. The van der Waals surface area contributed by atoms with Gasteiger partial charge in [-0.2, -0.15) is 0 Å². The van der Waals surface area contributed by atoms with E-state index < -0.39 is 0 Å². The van der Waals surface area contributed by atoms with E-state index >= 15 is 0 Å². The largest absolute Gasteiger partial charge is 0.455 e. The first kappa shape index (κ1) is 88.3. The van der Waals surface area contributed by atoms with Gasteiger partial charge in [0.1, 0.15) is 11.2 Å². The molecule has 0 saturated heterocycles. The molecule has 0 saturated carbocycles. The molecule has 0 spiro atoms. The smallest absolute Gasteiger partial charge is 0.235 e. The molecule has 0 aliphatic heterocycles.